The van der Waals surface area contributed by atoms with E-state index < -0.39 is 8.24 Å². The van der Waals surface area contributed by atoms with Gasteiger partial charge in [0.1, 0.15) is 11.2 Å². The summed E-state index contributed by atoms with van der Waals surface area (Å²) in [6, 6.07) is 15.5. The maximum absolute atomic E-state index is 7.00. The van der Waals surface area contributed by atoms with Crippen molar-refractivity contribution in [1.82, 2.24) is 0 Å². The van der Waals surface area contributed by atoms with Gasteiger partial charge in [-0.05, 0) is 79.2 Å². The van der Waals surface area contributed by atoms with Crippen LogP contribution in [-0.2, 0) is 10.8 Å². The zero-order chi connectivity index (χ0) is 29.0. The van der Waals surface area contributed by atoms with E-state index >= 15 is 0 Å². The molecule has 0 radical (unpaired) electrons. The summed E-state index contributed by atoms with van der Waals surface area (Å²) in [5.74, 6) is 0.343. The van der Waals surface area contributed by atoms with Crippen LogP contribution in [0.2, 0.25) is 0 Å². The molecule has 4 aromatic rings. The first-order valence-electron chi connectivity index (χ1n) is 14.9. The molecule has 4 heteroatoms. The van der Waals surface area contributed by atoms with E-state index in [4.69, 9.17) is 12.9 Å². The molecule has 2 atom stereocenters. The lowest BCUT2D eigenvalue weighted by Crippen LogP contribution is -2.27. The molecule has 0 bridgehead atoms. The molecule has 5 rings (SSSR count). The number of hydrogen-bond donors (Lipinski definition) is 0. The predicted molar refractivity (Wildman–Crippen MR) is 171 cm³/mol. The molecule has 1 aromatic heterocycles. The topological polar surface area (TPSA) is 35.5 Å². The van der Waals surface area contributed by atoms with Crippen molar-refractivity contribution in [3.63, 3.8) is 0 Å². The van der Waals surface area contributed by atoms with E-state index in [1.165, 1.54) is 62.6 Å². The van der Waals surface area contributed by atoms with E-state index in [1.807, 2.05) is 0 Å². The van der Waals surface area contributed by atoms with Crippen molar-refractivity contribution in [3.8, 4) is 0 Å². The summed E-state index contributed by atoms with van der Waals surface area (Å²) >= 11 is 0. The maximum Gasteiger partial charge on any atom is 0.387 e. The largest absolute Gasteiger partial charge is 0.399 e. The standard InChI is InChI=1S/C36H47O3P/c1-22-20-28(35(5,6)7)33-31(24(22)3)32-25(4)23(2)21-29(36(8,9)10)34(32)39-40(38-33)37-30-19-15-14-18-27(30)26-16-12-11-13-17-26/h11-13,16-17,20-21,27,30H,14-15,18-19H2,1-10H3/t27-,30+/m1/s1. The van der Waals surface area contributed by atoms with E-state index in [2.05, 4.69) is 112 Å². The lowest BCUT2D eigenvalue weighted by molar-refractivity contribution is 0.172. The van der Waals surface area contributed by atoms with Gasteiger partial charge in [0.25, 0.3) is 0 Å². The summed E-state index contributed by atoms with van der Waals surface area (Å²) in [7, 11) is -1.68. The third-order valence-corrected chi connectivity index (χ3v) is 10.1. The molecule has 40 heavy (non-hydrogen) atoms. The average molecular weight is 559 g/mol. The van der Waals surface area contributed by atoms with Gasteiger partial charge in [-0.25, -0.2) is 0 Å². The van der Waals surface area contributed by atoms with E-state index in [-0.39, 0.29) is 16.9 Å². The van der Waals surface area contributed by atoms with Crippen LogP contribution in [0.1, 0.15) is 112 Å². The Morgan fingerprint density at radius 1 is 0.700 bits per heavy atom. The molecule has 3 aromatic carbocycles. The zero-order valence-electron chi connectivity index (χ0n) is 26.2. The highest BCUT2D eigenvalue weighted by molar-refractivity contribution is 7.31. The fourth-order valence-corrected chi connectivity index (χ4v) is 7.59. The van der Waals surface area contributed by atoms with Crippen LogP contribution in [0, 0.1) is 27.7 Å². The molecule has 0 spiro atoms. The van der Waals surface area contributed by atoms with Crippen LogP contribution in [0.3, 0.4) is 0 Å². The number of benzene rings is 3. The van der Waals surface area contributed by atoms with Gasteiger partial charge in [-0.15, -0.1) is 0 Å². The van der Waals surface area contributed by atoms with Crippen molar-refractivity contribution in [2.24, 2.45) is 0 Å². The lowest BCUT2D eigenvalue weighted by Gasteiger charge is -2.30. The van der Waals surface area contributed by atoms with Crippen LogP contribution in [-0.4, -0.2) is 6.10 Å². The minimum absolute atomic E-state index is 0.0570. The first-order chi connectivity index (χ1) is 18.8. The van der Waals surface area contributed by atoms with Gasteiger partial charge in [0.2, 0.25) is 0 Å². The van der Waals surface area contributed by atoms with Gasteiger partial charge in [-0.2, -0.15) is 0 Å². The summed E-state index contributed by atoms with van der Waals surface area (Å²) in [6.07, 6.45) is 4.60. The second kappa shape index (κ2) is 10.7. The summed E-state index contributed by atoms with van der Waals surface area (Å²) in [4.78, 5) is 0. The third-order valence-electron chi connectivity index (χ3n) is 8.95. The molecule has 0 amide bonds. The van der Waals surface area contributed by atoms with Crippen molar-refractivity contribution >= 4 is 30.2 Å². The molecule has 0 unspecified atom stereocenters. The van der Waals surface area contributed by atoms with Crippen LogP contribution in [0.15, 0.2) is 50.9 Å². The molecule has 1 heterocycles. The second-order valence-electron chi connectivity index (χ2n) is 14.0. The van der Waals surface area contributed by atoms with Crippen molar-refractivity contribution in [3.05, 3.63) is 81.4 Å². The Bertz CT molecular complexity index is 1490. The zero-order valence-corrected chi connectivity index (χ0v) is 27.1. The number of aryl methyl sites for hydroxylation is 4. The smallest absolute Gasteiger partial charge is 0.387 e. The normalized spacial score (nSPS) is 18.4. The van der Waals surface area contributed by atoms with Gasteiger partial charge < -0.3 is 8.39 Å². The van der Waals surface area contributed by atoms with E-state index in [0.717, 1.165) is 24.0 Å². The molecular weight excluding hydrogens is 511 g/mol. The molecule has 214 valence electrons. The fourth-order valence-electron chi connectivity index (χ4n) is 6.32. The van der Waals surface area contributed by atoms with Crippen LogP contribution in [0.5, 0.6) is 0 Å². The first-order valence-corrected chi connectivity index (χ1v) is 16.0. The van der Waals surface area contributed by atoms with Crippen molar-refractivity contribution in [1.29, 1.82) is 0 Å². The highest BCUT2D eigenvalue weighted by atomic mass is 31.1. The SMILES string of the molecule is Cc1cc(C(C)(C)C)c2op(O[C@H]3CCCC[C@@H]3c3ccccc3)oc3c(C(C)(C)C)cc(C)c(C)c3c2c1C. The highest BCUT2D eigenvalue weighted by Crippen LogP contribution is 2.47. The van der Waals surface area contributed by atoms with Gasteiger partial charge in [-0.1, -0.05) is 96.8 Å². The molecular formula is C36H47O3P. The Morgan fingerprint density at radius 3 is 1.65 bits per heavy atom. The van der Waals surface area contributed by atoms with Gasteiger partial charge in [0, 0.05) is 27.8 Å². The minimum atomic E-state index is -1.68. The predicted octanol–water partition coefficient (Wildman–Crippen LogP) is 11.3. The van der Waals surface area contributed by atoms with Gasteiger partial charge in [-0.3, -0.25) is 4.52 Å². The average Bonchev–Trinajstić information content (AvgIpc) is 3.05. The molecule has 0 saturated heterocycles. The van der Waals surface area contributed by atoms with E-state index in [0.29, 0.717) is 5.92 Å². The highest BCUT2D eigenvalue weighted by Gasteiger charge is 2.31. The van der Waals surface area contributed by atoms with Crippen LogP contribution < -0.4 is 4.52 Å². The first kappa shape index (κ1) is 29.0. The van der Waals surface area contributed by atoms with Gasteiger partial charge in [0.05, 0.1) is 6.10 Å². The van der Waals surface area contributed by atoms with Crippen molar-refractivity contribution < 1.29 is 12.9 Å². The molecule has 1 fully saturated rings. The minimum Gasteiger partial charge on any atom is -0.399 e. The number of fused-ring (bicyclic) bond motifs is 3. The molecule has 1 aliphatic carbocycles. The monoisotopic (exact) mass is 558 g/mol. The lowest BCUT2D eigenvalue weighted by atomic mass is 9.81. The Balaban J connectivity index is 1.88. The molecule has 0 N–H and O–H groups in total. The van der Waals surface area contributed by atoms with Gasteiger partial charge >= 0.3 is 8.24 Å². The summed E-state index contributed by atoms with van der Waals surface area (Å²) in [6.45, 7) is 22.5. The van der Waals surface area contributed by atoms with Crippen LogP contribution in [0.25, 0.3) is 21.9 Å². The van der Waals surface area contributed by atoms with E-state index in [9.17, 15) is 0 Å². The Kier molecular flexibility index (Phi) is 7.79. The Morgan fingerprint density at radius 2 is 1.18 bits per heavy atom. The molecule has 0 aliphatic heterocycles. The summed E-state index contributed by atoms with van der Waals surface area (Å²) in [5, 5.41) is 2.34. The summed E-state index contributed by atoms with van der Waals surface area (Å²) in [5.41, 5.74) is 10.5. The summed E-state index contributed by atoms with van der Waals surface area (Å²) < 4.78 is 21.0. The molecule has 1 saturated carbocycles. The Labute approximate surface area is 241 Å². The van der Waals surface area contributed by atoms with Crippen molar-refractivity contribution in [2.45, 2.75) is 118 Å². The fraction of sp³-hybridized carbons (Fsp3) is 0.500. The second-order valence-corrected chi connectivity index (χ2v) is 15.0. The van der Waals surface area contributed by atoms with Crippen LogP contribution in [0.4, 0.5) is 0 Å². The molecule has 1 aliphatic rings. The quantitative estimate of drug-likeness (QED) is 0.251. The van der Waals surface area contributed by atoms with Crippen molar-refractivity contribution in [2.75, 3.05) is 0 Å². The van der Waals surface area contributed by atoms with E-state index in [1.54, 1.807) is 0 Å². The third kappa shape index (κ3) is 5.40. The number of hydrogen-bond acceptors (Lipinski definition) is 3. The van der Waals surface area contributed by atoms with Gasteiger partial charge in [0.15, 0.2) is 0 Å². The maximum atomic E-state index is 7.00. The van der Waals surface area contributed by atoms with Crippen LogP contribution >= 0.6 is 8.24 Å². The Hall–Kier alpha value is -2.48. The molecule has 3 nitrogen and oxygen atoms in total. The number of rotatable bonds is 3.